The van der Waals surface area contributed by atoms with E-state index in [4.69, 9.17) is 10.3 Å². The van der Waals surface area contributed by atoms with E-state index >= 15 is 0 Å². The molecule has 2 rings (SSSR count). The predicted octanol–water partition coefficient (Wildman–Crippen LogP) is 1.71. The molecule has 0 radical (unpaired) electrons. The summed E-state index contributed by atoms with van der Waals surface area (Å²) in [6.07, 6.45) is 0. The second kappa shape index (κ2) is 4.64. The van der Waals surface area contributed by atoms with Crippen LogP contribution in [0.2, 0.25) is 0 Å². The lowest BCUT2D eigenvalue weighted by Gasteiger charge is -1.98. The van der Waals surface area contributed by atoms with Gasteiger partial charge in [0, 0.05) is 17.5 Å². The van der Waals surface area contributed by atoms with Gasteiger partial charge in [0.15, 0.2) is 5.13 Å². The van der Waals surface area contributed by atoms with Gasteiger partial charge in [-0.2, -0.15) is 0 Å². The molecule has 0 spiro atoms. The van der Waals surface area contributed by atoms with Crippen molar-refractivity contribution in [3.63, 3.8) is 0 Å². The van der Waals surface area contributed by atoms with Crippen molar-refractivity contribution in [1.82, 2.24) is 10.1 Å². The Labute approximate surface area is 102 Å². The first-order valence-electron chi connectivity index (χ1n) is 5.02. The number of carbonyl (C=O) groups excluding carboxylic acids is 1. The molecule has 0 saturated heterocycles. The minimum Gasteiger partial charge on any atom is -0.351 e. The summed E-state index contributed by atoms with van der Waals surface area (Å²) in [4.78, 5) is 15.9. The lowest BCUT2D eigenvalue weighted by Crippen LogP contribution is -2.11. The Morgan fingerprint density at radius 3 is 2.94 bits per heavy atom. The van der Waals surface area contributed by atoms with Crippen molar-refractivity contribution in [2.24, 2.45) is 5.73 Å². The number of nitrogens with one attached hydrogen (secondary N) is 1. The molecule has 2 aromatic rings. The van der Waals surface area contributed by atoms with E-state index in [0.29, 0.717) is 10.8 Å². The van der Waals surface area contributed by atoms with E-state index in [2.05, 4.69) is 15.5 Å². The van der Waals surface area contributed by atoms with Crippen molar-refractivity contribution in [3.05, 3.63) is 28.6 Å². The van der Waals surface area contributed by atoms with Crippen LogP contribution in [0.4, 0.5) is 5.13 Å². The highest BCUT2D eigenvalue weighted by Crippen LogP contribution is 2.19. The Balaban J connectivity index is 2.07. The highest BCUT2D eigenvalue weighted by molar-refractivity contribution is 7.14. The van der Waals surface area contributed by atoms with Crippen molar-refractivity contribution < 1.29 is 9.32 Å². The van der Waals surface area contributed by atoms with Crippen LogP contribution in [0.25, 0.3) is 0 Å². The monoisotopic (exact) mass is 252 g/mol. The maximum Gasteiger partial charge on any atom is 0.296 e. The number of hydrogen-bond donors (Lipinski definition) is 2. The summed E-state index contributed by atoms with van der Waals surface area (Å²) in [6, 6.07) is 1.42. The zero-order chi connectivity index (χ0) is 12.4. The molecule has 6 nitrogen and oxygen atoms in total. The number of carbonyl (C=O) groups is 1. The van der Waals surface area contributed by atoms with Crippen molar-refractivity contribution in [2.75, 3.05) is 5.32 Å². The number of anilines is 1. The fraction of sp³-hybridized carbons (Fsp3) is 0.300. The summed E-state index contributed by atoms with van der Waals surface area (Å²) in [5.41, 5.74) is 7.08. The van der Waals surface area contributed by atoms with Gasteiger partial charge >= 0.3 is 0 Å². The van der Waals surface area contributed by atoms with E-state index in [1.807, 2.05) is 12.3 Å². The number of nitrogens with zero attached hydrogens (tertiary/aromatic N) is 2. The first-order chi connectivity index (χ1) is 8.06. The molecule has 0 aliphatic rings. The van der Waals surface area contributed by atoms with E-state index < -0.39 is 0 Å². The van der Waals surface area contributed by atoms with Crippen LogP contribution in [-0.2, 0) is 0 Å². The van der Waals surface area contributed by atoms with Crippen LogP contribution < -0.4 is 11.1 Å². The van der Waals surface area contributed by atoms with Crippen LogP contribution in [0.3, 0.4) is 0 Å². The standard InChI is InChI=1S/C10H12N4O2S/c1-5-3-8(16-14-5)9(15)13-10-12-7(4-17-10)6(2)11/h3-4,6H,11H2,1-2H3,(H,12,13,15). The minimum atomic E-state index is -0.365. The number of aryl methyl sites for hydroxylation is 1. The first kappa shape index (κ1) is 11.7. The zero-order valence-corrected chi connectivity index (χ0v) is 10.2. The fourth-order valence-electron chi connectivity index (χ4n) is 1.18. The highest BCUT2D eigenvalue weighted by Gasteiger charge is 2.14. The van der Waals surface area contributed by atoms with Gasteiger partial charge < -0.3 is 10.3 Å². The maximum absolute atomic E-state index is 11.7. The molecule has 1 amide bonds. The van der Waals surface area contributed by atoms with E-state index in [-0.39, 0.29) is 17.7 Å². The largest absolute Gasteiger partial charge is 0.351 e. The summed E-state index contributed by atoms with van der Waals surface area (Å²) in [5.74, 6) is -0.198. The molecule has 2 heterocycles. The maximum atomic E-state index is 11.7. The third-order valence-electron chi connectivity index (χ3n) is 2.06. The zero-order valence-electron chi connectivity index (χ0n) is 9.43. The van der Waals surface area contributed by atoms with Gasteiger partial charge in [-0.15, -0.1) is 11.3 Å². The number of rotatable bonds is 3. The van der Waals surface area contributed by atoms with E-state index in [0.717, 1.165) is 5.69 Å². The normalized spacial score (nSPS) is 12.4. The molecule has 0 saturated carbocycles. The van der Waals surface area contributed by atoms with Crippen molar-refractivity contribution >= 4 is 22.4 Å². The van der Waals surface area contributed by atoms with Gasteiger partial charge in [-0.3, -0.25) is 10.1 Å². The Hall–Kier alpha value is -1.73. The minimum absolute atomic E-state index is 0.149. The van der Waals surface area contributed by atoms with Gasteiger partial charge in [0.1, 0.15) is 0 Å². The average molecular weight is 252 g/mol. The Kier molecular flexibility index (Phi) is 3.21. The molecule has 7 heteroatoms. The molecule has 17 heavy (non-hydrogen) atoms. The Morgan fingerprint density at radius 2 is 2.41 bits per heavy atom. The number of aromatic nitrogens is 2. The molecule has 0 aliphatic heterocycles. The SMILES string of the molecule is Cc1cc(C(=O)Nc2nc(C(C)N)cs2)on1. The molecule has 0 bridgehead atoms. The molecular formula is C10H12N4O2S. The van der Waals surface area contributed by atoms with Crippen LogP contribution in [0.5, 0.6) is 0 Å². The van der Waals surface area contributed by atoms with Gasteiger partial charge in [-0.05, 0) is 13.8 Å². The highest BCUT2D eigenvalue weighted by atomic mass is 32.1. The third-order valence-corrected chi connectivity index (χ3v) is 2.84. The summed E-state index contributed by atoms with van der Waals surface area (Å²) >= 11 is 1.32. The van der Waals surface area contributed by atoms with Crippen molar-refractivity contribution in [1.29, 1.82) is 0 Å². The van der Waals surface area contributed by atoms with Crippen LogP contribution in [0.15, 0.2) is 16.0 Å². The number of nitrogens with two attached hydrogens (primary N) is 1. The van der Waals surface area contributed by atoms with Crippen molar-refractivity contribution in [2.45, 2.75) is 19.9 Å². The van der Waals surface area contributed by atoms with E-state index in [1.165, 1.54) is 11.3 Å². The van der Waals surface area contributed by atoms with Gasteiger partial charge in [-0.1, -0.05) is 5.16 Å². The first-order valence-corrected chi connectivity index (χ1v) is 5.90. The van der Waals surface area contributed by atoms with Gasteiger partial charge in [0.2, 0.25) is 5.76 Å². The van der Waals surface area contributed by atoms with Gasteiger partial charge in [-0.25, -0.2) is 4.98 Å². The molecular weight excluding hydrogens is 240 g/mol. The quantitative estimate of drug-likeness (QED) is 0.867. The number of hydrogen-bond acceptors (Lipinski definition) is 6. The van der Waals surface area contributed by atoms with Crippen LogP contribution in [0, 0.1) is 6.92 Å². The molecule has 90 valence electrons. The summed E-state index contributed by atoms with van der Waals surface area (Å²) in [5, 5.41) is 8.57. The summed E-state index contributed by atoms with van der Waals surface area (Å²) < 4.78 is 4.84. The Bertz CT molecular complexity index is 532. The summed E-state index contributed by atoms with van der Waals surface area (Å²) in [7, 11) is 0. The molecule has 1 unspecified atom stereocenters. The van der Waals surface area contributed by atoms with Gasteiger partial charge in [0.05, 0.1) is 11.4 Å². The molecule has 0 aromatic carbocycles. The molecule has 3 N–H and O–H groups in total. The van der Waals surface area contributed by atoms with Crippen LogP contribution >= 0.6 is 11.3 Å². The topological polar surface area (TPSA) is 94.0 Å². The van der Waals surface area contributed by atoms with E-state index in [1.54, 1.807) is 13.0 Å². The van der Waals surface area contributed by atoms with Crippen LogP contribution in [-0.4, -0.2) is 16.0 Å². The third kappa shape index (κ3) is 2.69. The molecule has 0 aliphatic carbocycles. The lowest BCUT2D eigenvalue weighted by atomic mass is 10.3. The Morgan fingerprint density at radius 1 is 1.65 bits per heavy atom. The fourth-order valence-corrected chi connectivity index (χ4v) is 1.99. The molecule has 0 fully saturated rings. The number of thiazole rings is 1. The summed E-state index contributed by atoms with van der Waals surface area (Å²) in [6.45, 7) is 3.58. The van der Waals surface area contributed by atoms with Gasteiger partial charge in [0.25, 0.3) is 5.91 Å². The second-order valence-electron chi connectivity index (χ2n) is 3.65. The average Bonchev–Trinajstić information content (AvgIpc) is 2.86. The van der Waals surface area contributed by atoms with E-state index in [9.17, 15) is 4.79 Å². The van der Waals surface area contributed by atoms with Crippen LogP contribution in [0.1, 0.15) is 34.9 Å². The second-order valence-corrected chi connectivity index (χ2v) is 4.51. The van der Waals surface area contributed by atoms with Crippen molar-refractivity contribution in [3.8, 4) is 0 Å². The number of amides is 1. The molecule has 1 atom stereocenters. The predicted molar refractivity (Wildman–Crippen MR) is 63.9 cm³/mol. The smallest absolute Gasteiger partial charge is 0.296 e. The lowest BCUT2D eigenvalue weighted by molar-refractivity contribution is 0.0988. The molecule has 2 aromatic heterocycles.